The van der Waals surface area contributed by atoms with E-state index in [-0.39, 0.29) is 0 Å². The van der Waals surface area contributed by atoms with Crippen LogP contribution in [0.5, 0.6) is 0 Å². The van der Waals surface area contributed by atoms with Gasteiger partial charge in [0, 0.05) is 6.04 Å². The molecule has 1 fully saturated rings. The Hall–Kier alpha value is -0.820. The van der Waals surface area contributed by atoms with Crippen LogP contribution < -0.4 is 0 Å². The van der Waals surface area contributed by atoms with Gasteiger partial charge < -0.3 is 4.90 Å². The van der Waals surface area contributed by atoms with Crippen molar-refractivity contribution < 1.29 is 0 Å². The number of benzene rings is 1. The summed E-state index contributed by atoms with van der Waals surface area (Å²) >= 11 is 0. The van der Waals surface area contributed by atoms with Gasteiger partial charge in [0.15, 0.2) is 0 Å². The van der Waals surface area contributed by atoms with E-state index in [4.69, 9.17) is 0 Å². The highest BCUT2D eigenvalue weighted by atomic mass is 15.1. The van der Waals surface area contributed by atoms with Gasteiger partial charge in [-0.25, -0.2) is 0 Å². The number of hydrogen-bond acceptors (Lipinski definition) is 1. The third kappa shape index (κ3) is 2.58. The molecule has 1 aromatic rings. The van der Waals surface area contributed by atoms with Crippen LogP contribution in [0.1, 0.15) is 68.1 Å². The van der Waals surface area contributed by atoms with Crippen molar-refractivity contribution in [2.24, 2.45) is 0 Å². The maximum absolute atomic E-state index is 2.57. The highest BCUT2D eigenvalue weighted by Crippen LogP contribution is 2.39. The molecule has 1 heteroatoms. The molecule has 0 amide bonds. The molecule has 0 N–H and O–H groups in total. The average molecular weight is 257 g/mol. The first-order chi connectivity index (χ1) is 9.15. The van der Waals surface area contributed by atoms with E-state index >= 15 is 0 Å². The summed E-state index contributed by atoms with van der Waals surface area (Å²) in [5.41, 5.74) is 4.81. The molecule has 1 aliphatic carbocycles. The molecule has 104 valence electrons. The molecule has 0 saturated carbocycles. The van der Waals surface area contributed by atoms with Crippen LogP contribution in [0.3, 0.4) is 0 Å². The number of fused-ring (bicyclic) bond motifs is 1. The Kier molecular flexibility index (Phi) is 3.66. The van der Waals surface area contributed by atoms with Gasteiger partial charge in [0.25, 0.3) is 0 Å². The molecular formula is C18H27N. The summed E-state index contributed by atoms with van der Waals surface area (Å²) in [5.74, 6) is 1.47. The summed E-state index contributed by atoms with van der Waals surface area (Å²) in [7, 11) is 2.30. The molecule has 2 atom stereocenters. The highest BCUT2D eigenvalue weighted by molar-refractivity contribution is 5.39. The van der Waals surface area contributed by atoms with E-state index in [1.165, 1.54) is 44.2 Å². The number of rotatable bonds is 3. The van der Waals surface area contributed by atoms with Gasteiger partial charge in [0.1, 0.15) is 0 Å². The van der Waals surface area contributed by atoms with Gasteiger partial charge in [-0.2, -0.15) is 0 Å². The monoisotopic (exact) mass is 257 g/mol. The average Bonchev–Trinajstić information content (AvgIpc) is 2.97. The van der Waals surface area contributed by atoms with E-state index in [0.29, 0.717) is 5.92 Å². The molecule has 1 heterocycles. The van der Waals surface area contributed by atoms with Crippen LogP contribution in [0.2, 0.25) is 0 Å². The lowest BCUT2D eigenvalue weighted by Gasteiger charge is -2.23. The number of nitrogens with zero attached hydrogens (tertiary/aromatic N) is 1. The van der Waals surface area contributed by atoms with Crippen molar-refractivity contribution in [3.05, 3.63) is 34.9 Å². The van der Waals surface area contributed by atoms with Crippen LogP contribution >= 0.6 is 0 Å². The Bertz CT molecular complexity index is 449. The van der Waals surface area contributed by atoms with Gasteiger partial charge in [0.05, 0.1) is 0 Å². The third-order valence-electron chi connectivity index (χ3n) is 5.27. The zero-order valence-electron chi connectivity index (χ0n) is 12.7. The second kappa shape index (κ2) is 5.28. The molecule has 0 spiro atoms. The molecule has 1 nitrogen and oxygen atoms in total. The predicted molar refractivity (Wildman–Crippen MR) is 81.9 cm³/mol. The topological polar surface area (TPSA) is 3.24 Å². The molecule has 0 unspecified atom stereocenters. The number of hydrogen-bond donors (Lipinski definition) is 0. The molecule has 1 aromatic carbocycles. The molecule has 1 aliphatic heterocycles. The van der Waals surface area contributed by atoms with Crippen LogP contribution in [0, 0.1) is 0 Å². The summed E-state index contributed by atoms with van der Waals surface area (Å²) in [6, 6.07) is 8.07. The minimum atomic E-state index is 0.653. The van der Waals surface area contributed by atoms with E-state index < -0.39 is 0 Å². The molecule has 0 radical (unpaired) electrons. The largest absolute Gasteiger partial charge is 0.303 e. The fourth-order valence-electron chi connectivity index (χ4n) is 3.92. The minimum absolute atomic E-state index is 0.653. The first-order valence-corrected chi connectivity index (χ1v) is 7.98. The van der Waals surface area contributed by atoms with Gasteiger partial charge in [-0.3, -0.25) is 0 Å². The third-order valence-corrected chi connectivity index (χ3v) is 5.27. The lowest BCUT2D eigenvalue weighted by atomic mass is 9.90. The van der Waals surface area contributed by atoms with E-state index in [2.05, 4.69) is 44.0 Å². The maximum atomic E-state index is 2.57. The van der Waals surface area contributed by atoms with E-state index in [1.807, 2.05) is 0 Å². The summed E-state index contributed by atoms with van der Waals surface area (Å²) in [6.07, 6.45) is 6.86. The Labute approximate surface area is 118 Å². The van der Waals surface area contributed by atoms with Gasteiger partial charge in [-0.05, 0) is 74.2 Å². The van der Waals surface area contributed by atoms with Crippen molar-refractivity contribution in [1.29, 1.82) is 0 Å². The summed E-state index contributed by atoms with van der Waals surface area (Å²) in [6.45, 7) is 5.91. The van der Waals surface area contributed by atoms with E-state index in [9.17, 15) is 0 Å². The van der Waals surface area contributed by atoms with Gasteiger partial charge in [0.2, 0.25) is 0 Å². The quantitative estimate of drug-likeness (QED) is 0.779. The zero-order chi connectivity index (χ0) is 13.4. The second-order valence-corrected chi connectivity index (χ2v) is 6.86. The lowest BCUT2D eigenvalue weighted by Crippen LogP contribution is -2.26. The number of aryl methyl sites for hydroxylation is 1. The smallest absolute Gasteiger partial charge is 0.00985 e. The Morgan fingerprint density at radius 2 is 2.11 bits per heavy atom. The first kappa shape index (κ1) is 13.2. The van der Waals surface area contributed by atoms with E-state index in [0.717, 1.165) is 12.0 Å². The minimum Gasteiger partial charge on any atom is -0.303 e. The fourth-order valence-corrected chi connectivity index (χ4v) is 3.92. The summed E-state index contributed by atoms with van der Waals surface area (Å²) in [4.78, 5) is 2.57. The van der Waals surface area contributed by atoms with Crippen LogP contribution in [0.4, 0.5) is 0 Å². The van der Waals surface area contributed by atoms with Crippen molar-refractivity contribution in [2.45, 2.75) is 63.8 Å². The van der Waals surface area contributed by atoms with Gasteiger partial charge >= 0.3 is 0 Å². The Morgan fingerprint density at radius 3 is 2.79 bits per heavy atom. The molecule has 2 aliphatic rings. The highest BCUT2D eigenvalue weighted by Gasteiger charge is 2.29. The molecule has 0 aromatic heterocycles. The molecule has 1 saturated heterocycles. The Balaban J connectivity index is 1.78. The van der Waals surface area contributed by atoms with Crippen molar-refractivity contribution in [3.63, 3.8) is 0 Å². The van der Waals surface area contributed by atoms with E-state index in [1.54, 1.807) is 11.1 Å². The van der Waals surface area contributed by atoms with Crippen LogP contribution in [-0.2, 0) is 6.42 Å². The molecule has 0 bridgehead atoms. The molecule has 3 rings (SSSR count). The van der Waals surface area contributed by atoms with Gasteiger partial charge in [-0.1, -0.05) is 32.0 Å². The first-order valence-electron chi connectivity index (χ1n) is 7.98. The van der Waals surface area contributed by atoms with Crippen molar-refractivity contribution >= 4 is 0 Å². The van der Waals surface area contributed by atoms with Crippen molar-refractivity contribution in [2.75, 3.05) is 13.6 Å². The number of likely N-dealkylation sites (tertiary alicyclic amines) is 1. The summed E-state index contributed by atoms with van der Waals surface area (Å²) in [5, 5.41) is 0. The maximum Gasteiger partial charge on any atom is 0.00985 e. The fraction of sp³-hybridized carbons (Fsp3) is 0.667. The predicted octanol–water partition coefficient (Wildman–Crippen LogP) is 4.32. The van der Waals surface area contributed by atoms with Crippen molar-refractivity contribution in [1.82, 2.24) is 4.90 Å². The van der Waals surface area contributed by atoms with Crippen LogP contribution in [-0.4, -0.2) is 24.5 Å². The SMILES string of the molecule is CC(C)c1ccc2c(c1)[C@@H](C[C@H]1CCCN1C)CC2. The summed E-state index contributed by atoms with van der Waals surface area (Å²) < 4.78 is 0. The zero-order valence-corrected chi connectivity index (χ0v) is 12.7. The van der Waals surface area contributed by atoms with Crippen LogP contribution in [0.15, 0.2) is 18.2 Å². The Morgan fingerprint density at radius 1 is 1.26 bits per heavy atom. The van der Waals surface area contributed by atoms with Gasteiger partial charge in [-0.15, -0.1) is 0 Å². The lowest BCUT2D eigenvalue weighted by molar-refractivity contribution is 0.281. The normalized spacial score (nSPS) is 27.2. The van der Waals surface area contributed by atoms with Crippen LogP contribution in [0.25, 0.3) is 0 Å². The second-order valence-electron chi connectivity index (χ2n) is 6.86. The standard InChI is InChI=1S/C18H27N/c1-13(2)15-8-6-14-7-9-16(18(14)12-15)11-17-5-4-10-19(17)3/h6,8,12-13,16-17H,4-5,7,9-11H2,1-3H3/t16-,17-/m1/s1. The molecule has 19 heavy (non-hydrogen) atoms. The van der Waals surface area contributed by atoms with Crippen molar-refractivity contribution in [3.8, 4) is 0 Å². The molecular weight excluding hydrogens is 230 g/mol.